The first-order valence-electron chi connectivity index (χ1n) is 8.50. The molecule has 2 atom stereocenters. The number of nitrogens with zero attached hydrogens (tertiary/aromatic N) is 1. The minimum absolute atomic E-state index is 0.203. The van der Waals surface area contributed by atoms with Gasteiger partial charge in [0.1, 0.15) is 0 Å². The van der Waals surface area contributed by atoms with Gasteiger partial charge in [-0.05, 0) is 63.2 Å². The second kappa shape index (κ2) is 6.37. The maximum Gasteiger partial charge on any atom is 0.0860 e. The molecule has 3 rings (SSSR count). The van der Waals surface area contributed by atoms with Crippen LogP contribution in [0.2, 0.25) is 0 Å². The van der Waals surface area contributed by atoms with Crippen molar-refractivity contribution in [3.8, 4) is 0 Å². The molecule has 1 saturated heterocycles. The van der Waals surface area contributed by atoms with Crippen molar-refractivity contribution >= 4 is 5.69 Å². The van der Waals surface area contributed by atoms with Crippen LogP contribution in [0.5, 0.6) is 0 Å². The van der Waals surface area contributed by atoms with Crippen LogP contribution in [0.15, 0.2) is 24.3 Å². The summed E-state index contributed by atoms with van der Waals surface area (Å²) in [5, 5.41) is 14.8. The van der Waals surface area contributed by atoms with Gasteiger partial charge in [-0.1, -0.05) is 25.1 Å². The van der Waals surface area contributed by atoms with Crippen LogP contribution < -0.4 is 5.32 Å². The molecule has 116 valence electrons. The van der Waals surface area contributed by atoms with Crippen LogP contribution in [0.3, 0.4) is 0 Å². The topological polar surface area (TPSA) is 35.5 Å². The van der Waals surface area contributed by atoms with E-state index >= 15 is 0 Å². The molecule has 0 amide bonds. The third-order valence-electron chi connectivity index (χ3n) is 5.18. The Hall–Kier alpha value is -1.06. The molecule has 0 radical (unpaired) electrons. The number of nitrogens with one attached hydrogen (secondary N) is 1. The van der Waals surface area contributed by atoms with E-state index < -0.39 is 5.60 Å². The molecule has 2 aliphatic rings. The summed E-state index contributed by atoms with van der Waals surface area (Å²) in [6.07, 6.45) is 6.25. The molecule has 21 heavy (non-hydrogen) atoms. The van der Waals surface area contributed by atoms with E-state index in [4.69, 9.17) is 0 Å². The van der Waals surface area contributed by atoms with Crippen LogP contribution >= 0.6 is 0 Å². The standard InChI is InChI=1S/C18H28N2O/c1-2-12-20-13-5-10-18(21,11-14-20)17-9-8-15-6-3-4-7-16(15)19-17/h3-4,6-7,17,19,21H,2,5,8-14H2,1H3. The number of hydrogen-bond donors (Lipinski definition) is 2. The Morgan fingerprint density at radius 3 is 3.00 bits per heavy atom. The first-order chi connectivity index (χ1) is 10.2. The lowest BCUT2D eigenvalue weighted by Gasteiger charge is -2.39. The predicted octanol–water partition coefficient (Wildman–Crippen LogP) is 3.04. The van der Waals surface area contributed by atoms with E-state index in [1.165, 1.54) is 17.7 Å². The summed E-state index contributed by atoms with van der Waals surface area (Å²) in [5.74, 6) is 0. The molecular weight excluding hydrogens is 260 g/mol. The van der Waals surface area contributed by atoms with E-state index in [0.717, 1.165) is 51.7 Å². The van der Waals surface area contributed by atoms with Crippen molar-refractivity contribution in [2.75, 3.05) is 25.0 Å². The number of aliphatic hydroxyl groups is 1. The molecule has 1 aromatic rings. The lowest BCUT2D eigenvalue weighted by atomic mass is 9.81. The van der Waals surface area contributed by atoms with Crippen molar-refractivity contribution in [1.29, 1.82) is 0 Å². The fourth-order valence-electron chi connectivity index (χ4n) is 3.93. The lowest BCUT2D eigenvalue weighted by molar-refractivity contribution is 0.00343. The molecule has 0 saturated carbocycles. The molecule has 2 aliphatic heterocycles. The average Bonchev–Trinajstić information content (AvgIpc) is 2.70. The molecule has 0 spiro atoms. The molecule has 1 aromatic carbocycles. The second-order valence-corrected chi connectivity index (χ2v) is 6.69. The van der Waals surface area contributed by atoms with Gasteiger partial charge in [0.2, 0.25) is 0 Å². The van der Waals surface area contributed by atoms with Gasteiger partial charge in [-0.3, -0.25) is 0 Å². The molecule has 1 fully saturated rings. The maximum atomic E-state index is 11.2. The lowest BCUT2D eigenvalue weighted by Crippen LogP contribution is -2.49. The molecule has 2 heterocycles. The van der Waals surface area contributed by atoms with Crippen molar-refractivity contribution < 1.29 is 5.11 Å². The summed E-state index contributed by atoms with van der Waals surface area (Å²) < 4.78 is 0. The van der Waals surface area contributed by atoms with Crippen LogP contribution in [-0.4, -0.2) is 41.3 Å². The van der Waals surface area contributed by atoms with Gasteiger partial charge in [0.15, 0.2) is 0 Å². The average molecular weight is 288 g/mol. The minimum atomic E-state index is -0.546. The zero-order valence-electron chi connectivity index (χ0n) is 13.1. The van der Waals surface area contributed by atoms with E-state index in [2.05, 4.69) is 41.4 Å². The Morgan fingerprint density at radius 1 is 1.29 bits per heavy atom. The number of likely N-dealkylation sites (tertiary alicyclic amines) is 1. The first-order valence-corrected chi connectivity index (χ1v) is 8.50. The Labute approximate surface area is 128 Å². The van der Waals surface area contributed by atoms with Crippen LogP contribution in [-0.2, 0) is 6.42 Å². The number of aryl methyl sites for hydroxylation is 1. The van der Waals surface area contributed by atoms with Gasteiger partial charge in [-0.15, -0.1) is 0 Å². The van der Waals surface area contributed by atoms with Crippen LogP contribution in [0.1, 0.15) is 44.6 Å². The van der Waals surface area contributed by atoms with Gasteiger partial charge in [-0.2, -0.15) is 0 Å². The number of fused-ring (bicyclic) bond motifs is 1. The van der Waals surface area contributed by atoms with E-state index in [1.54, 1.807) is 0 Å². The Morgan fingerprint density at radius 2 is 2.14 bits per heavy atom. The highest BCUT2D eigenvalue weighted by atomic mass is 16.3. The number of benzene rings is 1. The van der Waals surface area contributed by atoms with Gasteiger partial charge >= 0.3 is 0 Å². The molecule has 3 heteroatoms. The second-order valence-electron chi connectivity index (χ2n) is 6.69. The summed E-state index contributed by atoms with van der Waals surface area (Å²) in [6, 6.07) is 8.72. The number of para-hydroxylation sites is 1. The quantitative estimate of drug-likeness (QED) is 0.897. The molecule has 0 bridgehead atoms. The van der Waals surface area contributed by atoms with Gasteiger partial charge in [-0.25, -0.2) is 0 Å². The zero-order chi connectivity index (χ0) is 14.7. The summed E-state index contributed by atoms with van der Waals surface area (Å²) in [5.41, 5.74) is 2.06. The number of hydrogen-bond acceptors (Lipinski definition) is 3. The molecular formula is C18H28N2O. The minimum Gasteiger partial charge on any atom is -0.388 e. The monoisotopic (exact) mass is 288 g/mol. The molecule has 2 unspecified atom stereocenters. The third-order valence-corrected chi connectivity index (χ3v) is 5.18. The Kier molecular flexibility index (Phi) is 4.51. The van der Waals surface area contributed by atoms with Gasteiger partial charge in [0.25, 0.3) is 0 Å². The van der Waals surface area contributed by atoms with Gasteiger partial charge < -0.3 is 15.3 Å². The van der Waals surface area contributed by atoms with Crippen molar-refractivity contribution in [1.82, 2.24) is 4.90 Å². The Bertz CT molecular complexity index is 476. The van der Waals surface area contributed by atoms with Crippen molar-refractivity contribution in [3.63, 3.8) is 0 Å². The number of anilines is 1. The zero-order valence-corrected chi connectivity index (χ0v) is 13.1. The van der Waals surface area contributed by atoms with Gasteiger partial charge in [0, 0.05) is 12.2 Å². The SMILES string of the molecule is CCCN1CCCC(O)(C2CCc3ccccc3N2)CC1. The molecule has 0 aliphatic carbocycles. The van der Waals surface area contributed by atoms with E-state index in [-0.39, 0.29) is 6.04 Å². The highest BCUT2D eigenvalue weighted by Crippen LogP contribution is 2.34. The van der Waals surface area contributed by atoms with Crippen molar-refractivity contribution in [2.45, 2.75) is 57.1 Å². The predicted molar refractivity (Wildman–Crippen MR) is 87.7 cm³/mol. The van der Waals surface area contributed by atoms with E-state index in [9.17, 15) is 5.11 Å². The number of rotatable bonds is 3. The summed E-state index contributed by atoms with van der Waals surface area (Å²) in [6.45, 7) is 5.57. The van der Waals surface area contributed by atoms with E-state index in [0.29, 0.717) is 0 Å². The normalized spacial score (nSPS) is 30.3. The van der Waals surface area contributed by atoms with Crippen LogP contribution in [0.25, 0.3) is 0 Å². The molecule has 3 nitrogen and oxygen atoms in total. The summed E-state index contributed by atoms with van der Waals surface area (Å²) >= 11 is 0. The van der Waals surface area contributed by atoms with E-state index in [1.807, 2.05) is 0 Å². The molecule has 0 aromatic heterocycles. The largest absolute Gasteiger partial charge is 0.388 e. The fraction of sp³-hybridized carbons (Fsp3) is 0.667. The smallest absolute Gasteiger partial charge is 0.0860 e. The summed E-state index contributed by atoms with van der Waals surface area (Å²) in [4.78, 5) is 2.51. The summed E-state index contributed by atoms with van der Waals surface area (Å²) in [7, 11) is 0. The highest BCUT2D eigenvalue weighted by molar-refractivity contribution is 5.54. The van der Waals surface area contributed by atoms with Crippen LogP contribution in [0.4, 0.5) is 5.69 Å². The third kappa shape index (κ3) is 3.24. The Balaban J connectivity index is 1.69. The van der Waals surface area contributed by atoms with Crippen LogP contribution in [0, 0.1) is 0 Å². The van der Waals surface area contributed by atoms with Crippen molar-refractivity contribution in [2.24, 2.45) is 0 Å². The van der Waals surface area contributed by atoms with Gasteiger partial charge in [0.05, 0.1) is 11.6 Å². The maximum absolute atomic E-state index is 11.2. The molecule has 2 N–H and O–H groups in total. The first kappa shape index (κ1) is 14.9. The highest BCUT2D eigenvalue weighted by Gasteiger charge is 2.39. The van der Waals surface area contributed by atoms with Crippen molar-refractivity contribution in [3.05, 3.63) is 29.8 Å². The fourth-order valence-corrected chi connectivity index (χ4v) is 3.93.